The number of carboxylic acid groups (broad SMARTS) is 1. The Kier molecular flexibility index (Phi) is 5.32. The standard InChI is InChI=1S/C17H19NO6S/c1-4-25(22,23)14-7-5-12(6-8-14)16(19)18(3)10-13-9-15(17(20)21)11(2)24-13/h5-9H,4,10H2,1-3H3,(H,20,21). The molecular formula is C17H19NO6S. The highest BCUT2D eigenvalue weighted by atomic mass is 32.2. The Bertz CT molecular complexity index is 896. The average Bonchev–Trinajstić information content (AvgIpc) is 2.94. The summed E-state index contributed by atoms with van der Waals surface area (Å²) < 4.78 is 28.9. The van der Waals surface area contributed by atoms with Crippen LogP contribution < -0.4 is 0 Å². The van der Waals surface area contributed by atoms with Gasteiger partial charge in [0.1, 0.15) is 17.1 Å². The molecule has 0 saturated heterocycles. The van der Waals surface area contributed by atoms with E-state index in [1.54, 1.807) is 20.9 Å². The van der Waals surface area contributed by atoms with Gasteiger partial charge in [-0.3, -0.25) is 4.79 Å². The molecule has 7 nitrogen and oxygen atoms in total. The fraction of sp³-hybridized carbons (Fsp3) is 0.294. The van der Waals surface area contributed by atoms with E-state index in [9.17, 15) is 18.0 Å². The van der Waals surface area contributed by atoms with Crippen molar-refractivity contribution in [2.45, 2.75) is 25.3 Å². The van der Waals surface area contributed by atoms with Gasteiger partial charge in [-0.1, -0.05) is 6.92 Å². The zero-order valence-corrected chi connectivity index (χ0v) is 15.0. The maximum absolute atomic E-state index is 12.4. The fourth-order valence-electron chi connectivity index (χ4n) is 2.33. The summed E-state index contributed by atoms with van der Waals surface area (Å²) in [4.78, 5) is 25.0. The van der Waals surface area contributed by atoms with Crippen LogP contribution in [0.3, 0.4) is 0 Å². The van der Waals surface area contributed by atoms with E-state index in [0.29, 0.717) is 11.3 Å². The number of sulfone groups is 1. The number of carbonyl (C=O) groups is 2. The molecule has 1 amide bonds. The Morgan fingerprint density at radius 2 is 1.80 bits per heavy atom. The normalized spacial score (nSPS) is 11.3. The van der Waals surface area contributed by atoms with Gasteiger partial charge in [0.15, 0.2) is 9.84 Å². The summed E-state index contributed by atoms with van der Waals surface area (Å²) in [5, 5.41) is 9.02. The summed E-state index contributed by atoms with van der Waals surface area (Å²) in [5.74, 6) is -0.793. The van der Waals surface area contributed by atoms with Gasteiger partial charge in [0.2, 0.25) is 0 Å². The number of hydrogen-bond donors (Lipinski definition) is 1. The van der Waals surface area contributed by atoms with E-state index < -0.39 is 15.8 Å². The van der Waals surface area contributed by atoms with E-state index in [-0.39, 0.29) is 34.4 Å². The lowest BCUT2D eigenvalue weighted by Gasteiger charge is -2.16. The maximum Gasteiger partial charge on any atom is 0.339 e. The predicted molar refractivity (Wildman–Crippen MR) is 90.4 cm³/mol. The Labute approximate surface area is 145 Å². The van der Waals surface area contributed by atoms with E-state index >= 15 is 0 Å². The molecule has 0 aliphatic heterocycles. The minimum Gasteiger partial charge on any atom is -0.478 e. The van der Waals surface area contributed by atoms with Crippen LogP contribution >= 0.6 is 0 Å². The zero-order chi connectivity index (χ0) is 18.8. The van der Waals surface area contributed by atoms with Crippen molar-refractivity contribution in [1.82, 2.24) is 4.90 Å². The number of nitrogens with zero attached hydrogens (tertiary/aromatic N) is 1. The van der Waals surface area contributed by atoms with Crippen molar-refractivity contribution in [3.63, 3.8) is 0 Å². The van der Waals surface area contributed by atoms with E-state index in [1.807, 2.05) is 0 Å². The minimum atomic E-state index is -3.32. The van der Waals surface area contributed by atoms with Crippen LogP contribution in [0.2, 0.25) is 0 Å². The van der Waals surface area contributed by atoms with Crippen LogP contribution in [0, 0.1) is 6.92 Å². The van der Waals surface area contributed by atoms with Gasteiger partial charge in [-0.05, 0) is 37.3 Å². The molecule has 0 atom stereocenters. The number of aromatic carboxylic acids is 1. The number of carbonyl (C=O) groups excluding carboxylic acids is 1. The average molecular weight is 365 g/mol. The van der Waals surface area contributed by atoms with Crippen molar-refractivity contribution in [2.75, 3.05) is 12.8 Å². The smallest absolute Gasteiger partial charge is 0.339 e. The van der Waals surface area contributed by atoms with Gasteiger partial charge < -0.3 is 14.4 Å². The van der Waals surface area contributed by atoms with Crippen molar-refractivity contribution in [1.29, 1.82) is 0 Å². The number of carboxylic acids is 1. The van der Waals surface area contributed by atoms with Crippen molar-refractivity contribution in [2.24, 2.45) is 0 Å². The highest BCUT2D eigenvalue weighted by Crippen LogP contribution is 2.18. The monoisotopic (exact) mass is 365 g/mol. The molecule has 0 spiro atoms. The molecule has 0 unspecified atom stereocenters. The van der Waals surface area contributed by atoms with Crippen LogP contribution in [0.4, 0.5) is 0 Å². The van der Waals surface area contributed by atoms with Crippen LogP contribution in [0.1, 0.15) is 39.2 Å². The van der Waals surface area contributed by atoms with Gasteiger partial charge in [-0.25, -0.2) is 13.2 Å². The van der Waals surface area contributed by atoms with Gasteiger partial charge in [0.05, 0.1) is 17.2 Å². The second-order valence-corrected chi connectivity index (χ2v) is 7.85. The fourth-order valence-corrected chi connectivity index (χ4v) is 3.22. The lowest BCUT2D eigenvalue weighted by Crippen LogP contribution is -2.26. The van der Waals surface area contributed by atoms with Gasteiger partial charge in [-0.2, -0.15) is 0 Å². The first-order valence-electron chi connectivity index (χ1n) is 7.56. The third-order valence-corrected chi connectivity index (χ3v) is 5.53. The SMILES string of the molecule is CCS(=O)(=O)c1ccc(C(=O)N(C)Cc2cc(C(=O)O)c(C)o2)cc1. The third-order valence-electron chi connectivity index (χ3n) is 3.78. The van der Waals surface area contributed by atoms with Gasteiger partial charge in [0, 0.05) is 12.6 Å². The summed E-state index contributed by atoms with van der Waals surface area (Å²) in [6.45, 7) is 3.20. The van der Waals surface area contributed by atoms with Crippen molar-refractivity contribution in [3.05, 3.63) is 53.0 Å². The molecule has 25 heavy (non-hydrogen) atoms. The molecule has 2 aromatic rings. The molecule has 0 aliphatic carbocycles. The second-order valence-electron chi connectivity index (χ2n) is 5.58. The molecule has 2 rings (SSSR count). The molecule has 8 heteroatoms. The predicted octanol–water partition coefficient (Wildman–Crippen LogP) is 2.35. The quantitative estimate of drug-likeness (QED) is 0.842. The first-order chi connectivity index (χ1) is 11.7. The number of aryl methyl sites for hydroxylation is 1. The Balaban J connectivity index is 2.15. The zero-order valence-electron chi connectivity index (χ0n) is 14.1. The summed E-state index contributed by atoms with van der Waals surface area (Å²) in [5.41, 5.74) is 0.393. The van der Waals surface area contributed by atoms with Gasteiger partial charge >= 0.3 is 5.97 Å². The number of furan rings is 1. The lowest BCUT2D eigenvalue weighted by molar-refractivity contribution is 0.0694. The Hall–Kier alpha value is -2.61. The first-order valence-corrected chi connectivity index (χ1v) is 9.21. The van der Waals surface area contributed by atoms with Crippen molar-refractivity contribution < 1.29 is 27.5 Å². The van der Waals surface area contributed by atoms with Crippen LogP contribution in [0.15, 0.2) is 39.6 Å². The molecule has 0 fully saturated rings. The van der Waals surface area contributed by atoms with Crippen LogP contribution in [-0.4, -0.2) is 43.1 Å². The summed E-state index contributed by atoms with van der Waals surface area (Å²) in [6, 6.07) is 7.10. The molecule has 0 saturated carbocycles. The number of hydrogen-bond acceptors (Lipinski definition) is 5. The molecule has 134 valence electrons. The summed E-state index contributed by atoms with van der Waals surface area (Å²) >= 11 is 0. The van der Waals surface area contributed by atoms with Gasteiger partial charge in [-0.15, -0.1) is 0 Å². The molecule has 0 bridgehead atoms. The Morgan fingerprint density at radius 1 is 1.20 bits per heavy atom. The van der Waals surface area contributed by atoms with E-state index in [2.05, 4.69) is 0 Å². The number of benzene rings is 1. The number of amides is 1. The molecule has 0 aliphatic rings. The van der Waals surface area contributed by atoms with Crippen LogP contribution in [0.5, 0.6) is 0 Å². The molecule has 0 radical (unpaired) electrons. The van der Waals surface area contributed by atoms with Gasteiger partial charge in [0.25, 0.3) is 5.91 Å². The molecule has 1 heterocycles. The molecular weight excluding hydrogens is 346 g/mol. The summed E-state index contributed by atoms with van der Waals surface area (Å²) in [7, 11) is -1.76. The van der Waals surface area contributed by atoms with E-state index in [4.69, 9.17) is 9.52 Å². The first kappa shape index (κ1) is 18.7. The van der Waals surface area contributed by atoms with Crippen LogP contribution in [-0.2, 0) is 16.4 Å². The third kappa shape index (κ3) is 4.08. The second kappa shape index (κ2) is 7.10. The maximum atomic E-state index is 12.4. The van der Waals surface area contributed by atoms with E-state index in [1.165, 1.54) is 35.2 Å². The molecule has 1 aromatic carbocycles. The lowest BCUT2D eigenvalue weighted by atomic mass is 10.2. The minimum absolute atomic E-state index is 0.00997. The topological polar surface area (TPSA) is 105 Å². The highest BCUT2D eigenvalue weighted by molar-refractivity contribution is 7.91. The molecule has 1 N–H and O–H groups in total. The number of rotatable bonds is 6. The molecule has 1 aromatic heterocycles. The largest absolute Gasteiger partial charge is 0.478 e. The van der Waals surface area contributed by atoms with Crippen LogP contribution in [0.25, 0.3) is 0 Å². The van der Waals surface area contributed by atoms with Crippen molar-refractivity contribution >= 4 is 21.7 Å². The highest BCUT2D eigenvalue weighted by Gasteiger charge is 2.18. The Morgan fingerprint density at radius 3 is 2.28 bits per heavy atom. The van der Waals surface area contributed by atoms with E-state index in [0.717, 1.165) is 0 Å². The summed E-state index contributed by atoms with van der Waals surface area (Å²) in [6.07, 6.45) is 0. The van der Waals surface area contributed by atoms with Crippen molar-refractivity contribution in [3.8, 4) is 0 Å².